The maximum Gasteiger partial charge on any atom is 0.255 e. The highest BCUT2D eigenvalue weighted by Crippen LogP contribution is 2.20. The third-order valence-corrected chi connectivity index (χ3v) is 3.94. The molecule has 0 unspecified atom stereocenters. The first-order valence-electron chi connectivity index (χ1n) is 7.88. The van der Waals surface area contributed by atoms with E-state index < -0.39 is 0 Å². The third-order valence-electron chi connectivity index (χ3n) is 3.94. The number of carbonyl (C=O) groups is 1. The molecule has 0 aliphatic carbocycles. The van der Waals surface area contributed by atoms with Crippen LogP contribution in [0, 0.1) is 5.92 Å². The normalized spacial score (nSPS) is 15.7. The van der Waals surface area contributed by atoms with E-state index in [4.69, 9.17) is 4.74 Å². The lowest BCUT2D eigenvalue weighted by Gasteiger charge is -2.27. The Kier molecular flexibility index (Phi) is 6.05. The number of amides is 1. The maximum absolute atomic E-state index is 12.7. The third kappa shape index (κ3) is 4.46. The van der Waals surface area contributed by atoms with E-state index in [0.717, 1.165) is 56.8 Å². The van der Waals surface area contributed by atoms with Crippen LogP contribution in [0.3, 0.4) is 0 Å². The van der Waals surface area contributed by atoms with Gasteiger partial charge in [-0.2, -0.15) is 0 Å². The minimum Gasteiger partial charge on any atom is -0.384 e. The van der Waals surface area contributed by atoms with Crippen LogP contribution in [0.25, 0.3) is 0 Å². The van der Waals surface area contributed by atoms with Crippen molar-refractivity contribution in [3.8, 4) is 0 Å². The van der Waals surface area contributed by atoms with E-state index in [-0.39, 0.29) is 5.91 Å². The van der Waals surface area contributed by atoms with Crippen LogP contribution in [0.5, 0.6) is 0 Å². The first-order chi connectivity index (χ1) is 10.2. The molecule has 1 aliphatic heterocycles. The van der Waals surface area contributed by atoms with Crippen LogP contribution in [-0.4, -0.2) is 44.2 Å². The van der Waals surface area contributed by atoms with E-state index in [9.17, 15) is 4.79 Å². The van der Waals surface area contributed by atoms with Crippen LogP contribution < -0.4 is 5.32 Å². The Balaban J connectivity index is 2.00. The molecule has 0 radical (unpaired) electrons. The molecule has 0 saturated carbocycles. The van der Waals surface area contributed by atoms with Crippen molar-refractivity contribution in [1.82, 2.24) is 4.90 Å². The Morgan fingerprint density at radius 1 is 1.33 bits per heavy atom. The summed E-state index contributed by atoms with van der Waals surface area (Å²) in [5.41, 5.74) is 1.70. The molecule has 1 aromatic rings. The number of anilines is 1. The zero-order valence-electron chi connectivity index (χ0n) is 13.1. The summed E-state index contributed by atoms with van der Waals surface area (Å²) in [4.78, 5) is 14.5. The maximum atomic E-state index is 12.7. The molecule has 0 aromatic heterocycles. The number of rotatable bonds is 6. The Hall–Kier alpha value is -1.55. The van der Waals surface area contributed by atoms with Crippen LogP contribution in [-0.2, 0) is 4.74 Å². The molecule has 1 N–H and O–H groups in total. The van der Waals surface area contributed by atoms with Crippen LogP contribution >= 0.6 is 0 Å². The van der Waals surface area contributed by atoms with Gasteiger partial charge in [-0.3, -0.25) is 4.79 Å². The second-order valence-electron chi connectivity index (χ2n) is 5.71. The minimum atomic E-state index is 0.0979. The summed E-state index contributed by atoms with van der Waals surface area (Å²) in [6.45, 7) is 5.45. The van der Waals surface area contributed by atoms with Gasteiger partial charge in [0.25, 0.3) is 5.91 Å². The fourth-order valence-corrected chi connectivity index (χ4v) is 2.69. The monoisotopic (exact) mass is 290 g/mol. The summed E-state index contributed by atoms with van der Waals surface area (Å²) in [5.74, 6) is 0.657. The van der Waals surface area contributed by atoms with Crippen LogP contribution in [0.15, 0.2) is 24.3 Å². The highest BCUT2D eigenvalue weighted by Gasteiger charge is 2.20. The van der Waals surface area contributed by atoms with Crippen molar-refractivity contribution in [2.45, 2.75) is 26.2 Å². The number of ether oxygens (including phenoxy) is 1. The van der Waals surface area contributed by atoms with E-state index in [1.54, 1.807) is 0 Å². The summed E-state index contributed by atoms with van der Waals surface area (Å²) in [5, 5.41) is 3.33. The molecule has 4 heteroatoms. The molecule has 2 rings (SSSR count). The Morgan fingerprint density at radius 3 is 2.76 bits per heavy atom. The van der Waals surface area contributed by atoms with Gasteiger partial charge in [0.05, 0.1) is 5.56 Å². The van der Waals surface area contributed by atoms with E-state index in [0.29, 0.717) is 5.92 Å². The van der Waals surface area contributed by atoms with E-state index >= 15 is 0 Å². The molecule has 1 heterocycles. The van der Waals surface area contributed by atoms with Gasteiger partial charge in [0, 0.05) is 39.0 Å². The van der Waals surface area contributed by atoms with Gasteiger partial charge in [0.15, 0.2) is 0 Å². The van der Waals surface area contributed by atoms with E-state index in [1.807, 2.05) is 36.2 Å². The van der Waals surface area contributed by atoms with Crippen LogP contribution in [0.2, 0.25) is 0 Å². The molecule has 1 aliphatic rings. The fourth-order valence-electron chi connectivity index (χ4n) is 2.69. The summed E-state index contributed by atoms with van der Waals surface area (Å²) >= 11 is 0. The smallest absolute Gasteiger partial charge is 0.255 e. The van der Waals surface area contributed by atoms with Gasteiger partial charge in [-0.05, 0) is 37.3 Å². The summed E-state index contributed by atoms with van der Waals surface area (Å²) < 4.78 is 5.38. The van der Waals surface area contributed by atoms with Gasteiger partial charge in [-0.25, -0.2) is 0 Å². The molecule has 1 saturated heterocycles. The number of carbonyl (C=O) groups excluding carboxylic acids is 1. The average Bonchev–Trinajstić information content (AvgIpc) is 2.53. The molecule has 1 aromatic carbocycles. The zero-order valence-corrected chi connectivity index (χ0v) is 13.1. The van der Waals surface area contributed by atoms with Crippen LogP contribution in [0.1, 0.15) is 36.5 Å². The largest absolute Gasteiger partial charge is 0.384 e. The predicted octanol–water partition coefficient (Wildman–Crippen LogP) is 3.01. The first-order valence-corrected chi connectivity index (χ1v) is 7.88. The topological polar surface area (TPSA) is 41.6 Å². The van der Waals surface area contributed by atoms with Gasteiger partial charge < -0.3 is 15.0 Å². The molecule has 1 fully saturated rings. The predicted molar refractivity (Wildman–Crippen MR) is 85.7 cm³/mol. The average molecular weight is 290 g/mol. The van der Waals surface area contributed by atoms with Gasteiger partial charge in [0.2, 0.25) is 0 Å². The van der Waals surface area contributed by atoms with Crippen molar-refractivity contribution in [1.29, 1.82) is 0 Å². The lowest BCUT2D eigenvalue weighted by molar-refractivity contribution is 0.0497. The number of hydrogen-bond donors (Lipinski definition) is 1. The van der Waals surface area contributed by atoms with Crippen molar-refractivity contribution in [2.24, 2.45) is 5.92 Å². The van der Waals surface area contributed by atoms with Gasteiger partial charge in [-0.15, -0.1) is 0 Å². The molecule has 0 spiro atoms. The zero-order chi connectivity index (χ0) is 15.1. The molecule has 21 heavy (non-hydrogen) atoms. The second-order valence-corrected chi connectivity index (χ2v) is 5.71. The lowest BCUT2D eigenvalue weighted by Crippen LogP contribution is -2.34. The Morgan fingerprint density at radius 2 is 2.05 bits per heavy atom. The number of nitrogens with zero attached hydrogens (tertiary/aromatic N) is 1. The summed E-state index contributed by atoms with van der Waals surface area (Å²) in [7, 11) is 1.90. The molecular weight excluding hydrogens is 264 g/mol. The quantitative estimate of drug-likeness (QED) is 0.875. The van der Waals surface area contributed by atoms with Gasteiger partial charge >= 0.3 is 0 Å². The minimum absolute atomic E-state index is 0.0979. The van der Waals surface area contributed by atoms with Crippen molar-refractivity contribution in [2.75, 3.05) is 38.7 Å². The van der Waals surface area contributed by atoms with Crippen molar-refractivity contribution < 1.29 is 9.53 Å². The van der Waals surface area contributed by atoms with E-state index in [1.165, 1.54) is 0 Å². The molecule has 0 bridgehead atoms. The van der Waals surface area contributed by atoms with Crippen molar-refractivity contribution >= 4 is 11.6 Å². The fraction of sp³-hybridized carbons (Fsp3) is 0.588. The molecule has 0 atom stereocenters. The number of hydrogen-bond acceptors (Lipinski definition) is 3. The molecule has 4 nitrogen and oxygen atoms in total. The van der Waals surface area contributed by atoms with Gasteiger partial charge in [0.1, 0.15) is 0 Å². The number of para-hydroxylation sites is 1. The Labute approximate surface area is 127 Å². The lowest BCUT2D eigenvalue weighted by atomic mass is 9.99. The summed E-state index contributed by atoms with van der Waals surface area (Å²) in [6, 6.07) is 7.77. The number of nitrogens with one attached hydrogen (secondary N) is 1. The van der Waals surface area contributed by atoms with Crippen molar-refractivity contribution in [3.63, 3.8) is 0 Å². The van der Waals surface area contributed by atoms with Crippen molar-refractivity contribution in [3.05, 3.63) is 29.8 Å². The SMILES string of the molecule is CCCNc1ccccc1C(=O)N(C)CC1CCOCC1. The van der Waals surface area contributed by atoms with Crippen LogP contribution in [0.4, 0.5) is 5.69 Å². The number of benzene rings is 1. The van der Waals surface area contributed by atoms with Gasteiger partial charge in [-0.1, -0.05) is 19.1 Å². The molecule has 1 amide bonds. The molecular formula is C17H26N2O2. The highest BCUT2D eigenvalue weighted by atomic mass is 16.5. The summed E-state index contributed by atoms with van der Waals surface area (Å²) in [6.07, 6.45) is 3.14. The first kappa shape index (κ1) is 15.8. The second kappa shape index (κ2) is 8.03. The van der Waals surface area contributed by atoms with E-state index in [2.05, 4.69) is 12.2 Å². The highest BCUT2D eigenvalue weighted by molar-refractivity contribution is 5.99. The standard InChI is InChI=1S/C17H26N2O2/c1-3-10-18-16-7-5-4-6-15(16)17(20)19(2)13-14-8-11-21-12-9-14/h4-7,14,18H,3,8-13H2,1-2H3. The Bertz CT molecular complexity index is 456. The molecule has 116 valence electrons.